The minimum atomic E-state index is -0.309. The van der Waals surface area contributed by atoms with Gasteiger partial charge in [0.15, 0.2) is 0 Å². The Morgan fingerprint density at radius 3 is 2.65 bits per heavy atom. The van der Waals surface area contributed by atoms with Gasteiger partial charge in [0, 0.05) is 23.5 Å². The number of hydrogen-bond acceptors (Lipinski definition) is 1. The fourth-order valence-corrected chi connectivity index (χ4v) is 2.37. The topological polar surface area (TPSA) is 20.3 Å². The number of amides is 1. The van der Waals surface area contributed by atoms with Gasteiger partial charge in [-0.3, -0.25) is 4.79 Å². The second kappa shape index (κ2) is 4.34. The smallest absolute Gasteiger partial charge is 0.228 e. The summed E-state index contributed by atoms with van der Waals surface area (Å²) in [5.41, 5.74) is 2.18. The zero-order valence-corrected chi connectivity index (χ0v) is 11.3. The maximum Gasteiger partial charge on any atom is 0.228 e. The van der Waals surface area contributed by atoms with E-state index in [1.807, 2.05) is 37.8 Å². The lowest BCUT2D eigenvalue weighted by Crippen LogP contribution is -2.42. The summed E-state index contributed by atoms with van der Waals surface area (Å²) in [5, 5.41) is 0.744. The zero-order chi connectivity index (χ0) is 12.6. The van der Waals surface area contributed by atoms with Crippen LogP contribution in [0.1, 0.15) is 31.9 Å². The van der Waals surface area contributed by atoms with E-state index in [1.165, 1.54) is 11.1 Å². The van der Waals surface area contributed by atoms with E-state index < -0.39 is 0 Å². The highest BCUT2D eigenvalue weighted by atomic mass is 35.5. The van der Waals surface area contributed by atoms with E-state index in [0.717, 1.165) is 18.0 Å². The van der Waals surface area contributed by atoms with Gasteiger partial charge in [0.2, 0.25) is 5.91 Å². The van der Waals surface area contributed by atoms with E-state index in [2.05, 4.69) is 6.07 Å². The van der Waals surface area contributed by atoms with Crippen molar-refractivity contribution in [2.75, 3.05) is 6.54 Å². The van der Waals surface area contributed by atoms with Crippen LogP contribution < -0.4 is 0 Å². The predicted octanol–water partition coefficient (Wildman–Crippen LogP) is 3.27. The lowest BCUT2D eigenvalue weighted by Gasteiger charge is -2.33. The quantitative estimate of drug-likeness (QED) is 0.693. The molecule has 0 fully saturated rings. The van der Waals surface area contributed by atoms with E-state index >= 15 is 0 Å². The maximum absolute atomic E-state index is 12.2. The zero-order valence-electron chi connectivity index (χ0n) is 10.6. The lowest BCUT2D eigenvalue weighted by molar-refractivity contribution is -0.140. The van der Waals surface area contributed by atoms with Crippen molar-refractivity contribution in [3.8, 4) is 0 Å². The summed E-state index contributed by atoms with van der Waals surface area (Å²) in [7, 11) is 0. The first-order valence-electron chi connectivity index (χ1n) is 5.94. The van der Waals surface area contributed by atoms with Crippen LogP contribution in [0.15, 0.2) is 18.2 Å². The third-order valence-electron chi connectivity index (χ3n) is 3.11. The second-order valence-corrected chi connectivity index (χ2v) is 6.08. The van der Waals surface area contributed by atoms with Crippen LogP contribution in [-0.4, -0.2) is 17.4 Å². The van der Waals surface area contributed by atoms with Gasteiger partial charge in [0.25, 0.3) is 0 Å². The van der Waals surface area contributed by atoms with Crippen molar-refractivity contribution in [2.45, 2.75) is 33.7 Å². The van der Waals surface area contributed by atoms with Gasteiger partial charge in [-0.05, 0) is 29.7 Å². The summed E-state index contributed by atoms with van der Waals surface area (Å²) in [4.78, 5) is 14.1. The molecule has 0 saturated carbocycles. The molecule has 0 bridgehead atoms. The highest BCUT2D eigenvalue weighted by molar-refractivity contribution is 6.30. The molecule has 3 heteroatoms. The van der Waals surface area contributed by atoms with Crippen LogP contribution in [-0.2, 0) is 17.8 Å². The van der Waals surface area contributed by atoms with Crippen LogP contribution in [0.25, 0.3) is 0 Å². The van der Waals surface area contributed by atoms with Crippen molar-refractivity contribution in [3.05, 3.63) is 34.3 Å². The molecule has 0 atom stereocenters. The van der Waals surface area contributed by atoms with Crippen molar-refractivity contribution in [1.29, 1.82) is 0 Å². The second-order valence-electron chi connectivity index (χ2n) is 5.64. The minimum Gasteiger partial charge on any atom is -0.338 e. The number of carbonyl (C=O) groups is 1. The van der Waals surface area contributed by atoms with Gasteiger partial charge >= 0.3 is 0 Å². The first-order valence-corrected chi connectivity index (χ1v) is 6.32. The summed E-state index contributed by atoms with van der Waals surface area (Å²) in [6.45, 7) is 7.38. The molecule has 1 amide bonds. The molecule has 0 saturated heterocycles. The molecule has 0 aliphatic carbocycles. The number of rotatable bonds is 0. The summed E-state index contributed by atoms with van der Waals surface area (Å²) in [6.07, 6.45) is 0.925. The average Bonchev–Trinajstić information content (AvgIpc) is 2.25. The van der Waals surface area contributed by atoms with E-state index in [-0.39, 0.29) is 11.3 Å². The molecule has 92 valence electrons. The lowest BCUT2D eigenvalue weighted by atomic mass is 9.92. The molecule has 17 heavy (non-hydrogen) atoms. The normalized spacial score (nSPS) is 15.6. The van der Waals surface area contributed by atoms with Crippen LogP contribution in [0, 0.1) is 5.41 Å². The minimum absolute atomic E-state index is 0.211. The Labute approximate surface area is 108 Å². The molecule has 1 aliphatic rings. The number of benzene rings is 1. The molecule has 1 aliphatic heterocycles. The SMILES string of the molecule is CC(C)(C)C(=O)N1CCc2ccc(Cl)cc2C1. The van der Waals surface area contributed by atoms with Crippen LogP contribution in [0.2, 0.25) is 5.02 Å². The van der Waals surface area contributed by atoms with Crippen LogP contribution >= 0.6 is 11.6 Å². The van der Waals surface area contributed by atoms with Crippen molar-refractivity contribution in [1.82, 2.24) is 4.90 Å². The molecular weight excluding hydrogens is 234 g/mol. The molecule has 1 aromatic carbocycles. The van der Waals surface area contributed by atoms with Gasteiger partial charge < -0.3 is 4.90 Å². The van der Waals surface area contributed by atoms with Crippen LogP contribution in [0.4, 0.5) is 0 Å². The van der Waals surface area contributed by atoms with Crippen molar-refractivity contribution >= 4 is 17.5 Å². The third-order valence-corrected chi connectivity index (χ3v) is 3.34. The van der Waals surface area contributed by atoms with Gasteiger partial charge in [0.05, 0.1) is 0 Å². The Morgan fingerprint density at radius 1 is 1.29 bits per heavy atom. The van der Waals surface area contributed by atoms with E-state index in [1.54, 1.807) is 0 Å². The molecule has 0 spiro atoms. The number of fused-ring (bicyclic) bond motifs is 1. The Balaban J connectivity index is 2.21. The molecule has 0 aromatic heterocycles. The van der Waals surface area contributed by atoms with Crippen molar-refractivity contribution in [3.63, 3.8) is 0 Å². The van der Waals surface area contributed by atoms with Gasteiger partial charge in [-0.15, -0.1) is 0 Å². The fraction of sp³-hybridized carbons (Fsp3) is 0.500. The van der Waals surface area contributed by atoms with Gasteiger partial charge in [-0.25, -0.2) is 0 Å². The Kier molecular flexibility index (Phi) is 3.17. The first-order chi connectivity index (χ1) is 7.88. The Bertz CT molecular complexity index is 448. The molecule has 2 rings (SSSR count). The summed E-state index contributed by atoms with van der Waals surface area (Å²) < 4.78 is 0. The number of halogens is 1. The number of nitrogens with zero attached hydrogens (tertiary/aromatic N) is 1. The van der Waals surface area contributed by atoms with E-state index in [0.29, 0.717) is 6.54 Å². The third kappa shape index (κ3) is 2.63. The summed E-state index contributed by atoms with van der Waals surface area (Å²) in [6, 6.07) is 5.96. The van der Waals surface area contributed by atoms with Crippen molar-refractivity contribution < 1.29 is 4.79 Å². The van der Waals surface area contributed by atoms with Gasteiger partial charge in [-0.1, -0.05) is 38.4 Å². The van der Waals surface area contributed by atoms with Gasteiger partial charge in [0.1, 0.15) is 0 Å². The largest absolute Gasteiger partial charge is 0.338 e. The number of carbonyl (C=O) groups excluding carboxylic acids is 1. The molecule has 0 unspecified atom stereocenters. The molecule has 0 N–H and O–H groups in total. The maximum atomic E-state index is 12.2. The monoisotopic (exact) mass is 251 g/mol. The van der Waals surface area contributed by atoms with E-state index in [9.17, 15) is 4.79 Å². The highest BCUT2D eigenvalue weighted by Crippen LogP contribution is 2.26. The predicted molar refractivity (Wildman–Crippen MR) is 70.0 cm³/mol. The van der Waals surface area contributed by atoms with Crippen LogP contribution in [0.3, 0.4) is 0 Å². The Morgan fingerprint density at radius 2 is 2.00 bits per heavy atom. The molecule has 0 radical (unpaired) electrons. The van der Waals surface area contributed by atoms with Crippen LogP contribution in [0.5, 0.6) is 0 Å². The summed E-state index contributed by atoms with van der Waals surface area (Å²) >= 11 is 5.99. The standard InChI is InChI=1S/C14H18ClNO/c1-14(2,3)13(17)16-7-6-10-4-5-12(15)8-11(10)9-16/h4-5,8H,6-7,9H2,1-3H3. The first kappa shape index (κ1) is 12.4. The van der Waals surface area contributed by atoms with E-state index in [4.69, 9.17) is 11.6 Å². The molecular formula is C14H18ClNO. The van der Waals surface area contributed by atoms with Gasteiger partial charge in [-0.2, -0.15) is 0 Å². The summed E-state index contributed by atoms with van der Waals surface area (Å²) in [5.74, 6) is 0.211. The highest BCUT2D eigenvalue weighted by Gasteiger charge is 2.29. The average molecular weight is 252 g/mol. The number of hydrogen-bond donors (Lipinski definition) is 0. The van der Waals surface area contributed by atoms with Crippen molar-refractivity contribution in [2.24, 2.45) is 5.41 Å². The molecule has 1 heterocycles. The molecule has 2 nitrogen and oxygen atoms in total. The fourth-order valence-electron chi connectivity index (χ4n) is 2.17. The Hall–Kier alpha value is -1.02. The molecule has 1 aromatic rings.